The van der Waals surface area contributed by atoms with Crippen LogP contribution in [-0.2, 0) is 16.1 Å². The van der Waals surface area contributed by atoms with Crippen LogP contribution in [0.25, 0.3) is 0 Å². The maximum absolute atomic E-state index is 11.6. The number of amides is 2. The Bertz CT molecular complexity index is 655. The summed E-state index contributed by atoms with van der Waals surface area (Å²) in [5, 5.41) is 14.5. The van der Waals surface area contributed by atoms with Crippen molar-refractivity contribution in [2.45, 2.75) is 18.8 Å². The van der Waals surface area contributed by atoms with E-state index in [0.717, 1.165) is 26.2 Å². The number of carboxylic acids is 1. The van der Waals surface area contributed by atoms with Gasteiger partial charge in [0.2, 0.25) is 0 Å². The molecule has 1 aromatic rings. The van der Waals surface area contributed by atoms with Gasteiger partial charge >= 0.3 is 18.2 Å². The molecule has 2 aliphatic heterocycles. The maximum atomic E-state index is 11.6. The van der Waals surface area contributed by atoms with Crippen molar-refractivity contribution >= 4 is 23.3 Å². The van der Waals surface area contributed by atoms with E-state index in [0.29, 0.717) is 24.5 Å². The van der Waals surface area contributed by atoms with Crippen molar-refractivity contribution in [3.8, 4) is 0 Å². The lowest BCUT2D eigenvalue weighted by molar-refractivity contribution is -0.192. The lowest BCUT2D eigenvalue weighted by Gasteiger charge is -2.20. The number of fused-ring (bicyclic) bond motifs is 1. The molecule has 2 fully saturated rings. The number of carbonyl (C=O) groups excluding carboxylic acids is 1. The third kappa shape index (κ3) is 6.35. The van der Waals surface area contributed by atoms with Gasteiger partial charge in [-0.25, -0.2) is 9.59 Å². The van der Waals surface area contributed by atoms with Gasteiger partial charge in [-0.1, -0.05) is 0 Å². The van der Waals surface area contributed by atoms with Crippen LogP contribution in [0.5, 0.6) is 0 Å². The Morgan fingerprint density at radius 1 is 1.39 bits per heavy atom. The van der Waals surface area contributed by atoms with Gasteiger partial charge in [0.1, 0.15) is 0 Å². The Balaban J connectivity index is 0.000000345. The standard InChI is InChI=1S/C15H23N3O2S.C2HF3O2/c1-17(2)15(19)16-5-12-9-20-14-8-18(7-13(12)14)6-11-3-4-21-10-11;3-2(4,5)1(6)7/h3-4,10,12-14H,5-9H2,1-2H3,(H,16,19);(H,6,7)/t12-,13-,14-;/m1./s1. The van der Waals surface area contributed by atoms with Gasteiger partial charge in [-0.3, -0.25) is 4.90 Å². The summed E-state index contributed by atoms with van der Waals surface area (Å²) in [6, 6.07) is 2.17. The topological polar surface area (TPSA) is 82.1 Å². The zero-order valence-corrected chi connectivity index (χ0v) is 16.4. The Kier molecular flexibility index (Phi) is 7.67. The van der Waals surface area contributed by atoms with Crippen LogP contribution in [0, 0.1) is 11.8 Å². The fraction of sp³-hybridized carbons (Fsp3) is 0.647. The second-order valence-corrected chi connectivity index (χ2v) is 7.78. The van der Waals surface area contributed by atoms with E-state index in [9.17, 15) is 18.0 Å². The highest BCUT2D eigenvalue weighted by molar-refractivity contribution is 7.07. The third-order valence-corrected chi connectivity index (χ3v) is 5.40. The first-order chi connectivity index (χ1) is 13.1. The van der Waals surface area contributed by atoms with Gasteiger partial charge in [0.25, 0.3) is 0 Å². The van der Waals surface area contributed by atoms with E-state index >= 15 is 0 Å². The van der Waals surface area contributed by atoms with Gasteiger partial charge in [-0.05, 0) is 22.4 Å². The molecule has 0 aromatic carbocycles. The molecule has 0 radical (unpaired) electrons. The van der Waals surface area contributed by atoms with Crippen LogP contribution in [0.2, 0.25) is 0 Å². The number of rotatable bonds is 4. The first-order valence-electron chi connectivity index (χ1n) is 8.68. The minimum atomic E-state index is -5.08. The fourth-order valence-corrected chi connectivity index (χ4v) is 3.90. The normalized spacial score (nSPS) is 24.2. The SMILES string of the molecule is CN(C)C(=O)NC[C@@H]1CO[C@@H]2CN(Cc3ccsc3)C[C@H]12.O=C(O)C(F)(F)F. The summed E-state index contributed by atoms with van der Waals surface area (Å²) in [5.74, 6) is -1.77. The number of carboxylic acid groups (broad SMARTS) is 1. The van der Waals surface area contributed by atoms with Crippen molar-refractivity contribution in [3.05, 3.63) is 22.4 Å². The molecule has 3 heterocycles. The average molecular weight is 423 g/mol. The molecular weight excluding hydrogens is 399 g/mol. The van der Waals surface area contributed by atoms with E-state index in [-0.39, 0.29) is 6.03 Å². The fourth-order valence-electron chi connectivity index (χ4n) is 3.24. The molecule has 0 aliphatic carbocycles. The molecule has 2 N–H and O–H groups in total. The van der Waals surface area contributed by atoms with Gasteiger partial charge in [0.05, 0.1) is 12.7 Å². The summed E-state index contributed by atoms with van der Waals surface area (Å²) in [6.07, 6.45) is -4.75. The number of aliphatic carboxylic acids is 1. The second-order valence-electron chi connectivity index (χ2n) is 7.00. The summed E-state index contributed by atoms with van der Waals surface area (Å²) < 4.78 is 37.7. The van der Waals surface area contributed by atoms with E-state index < -0.39 is 12.1 Å². The van der Waals surface area contributed by atoms with E-state index in [1.54, 1.807) is 30.3 Å². The Morgan fingerprint density at radius 3 is 2.61 bits per heavy atom. The van der Waals surface area contributed by atoms with Crippen LogP contribution in [-0.4, -0.2) is 79.5 Å². The molecule has 2 saturated heterocycles. The van der Waals surface area contributed by atoms with E-state index in [1.807, 2.05) is 0 Å². The highest BCUT2D eigenvalue weighted by atomic mass is 32.1. The number of nitrogens with one attached hydrogen (secondary N) is 1. The molecule has 3 rings (SSSR count). The van der Waals surface area contributed by atoms with Gasteiger partial charge in [0.15, 0.2) is 0 Å². The molecule has 7 nitrogen and oxygen atoms in total. The van der Waals surface area contributed by atoms with Crippen LogP contribution in [0.15, 0.2) is 16.8 Å². The molecule has 0 spiro atoms. The number of thiophene rings is 1. The Hall–Kier alpha value is -1.85. The lowest BCUT2D eigenvalue weighted by Crippen LogP contribution is -2.39. The number of nitrogens with zero attached hydrogens (tertiary/aromatic N) is 2. The van der Waals surface area contributed by atoms with Crippen LogP contribution >= 0.6 is 11.3 Å². The van der Waals surface area contributed by atoms with Crippen LogP contribution in [0.3, 0.4) is 0 Å². The molecule has 0 bridgehead atoms. The molecular formula is C17H24F3N3O4S. The minimum Gasteiger partial charge on any atom is -0.475 e. The van der Waals surface area contributed by atoms with Crippen molar-refractivity contribution in [1.82, 2.24) is 15.1 Å². The van der Waals surface area contributed by atoms with Crippen LogP contribution in [0.1, 0.15) is 5.56 Å². The predicted molar refractivity (Wildman–Crippen MR) is 97.1 cm³/mol. The Morgan fingerprint density at radius 2 is 2.07 bits per heavy atom. The quantitative estimate of drug-likeness (QED) is 0.775. The predicted octanol–water partition coefficient (Wildman–Crippen LogP) is 2.10. The van der Waals surface area contributed by atoms with Crippen molar-refractivity contribution in [2.24, 2.45) is 11.8 Å². The lowest BCUT2D eigenvalue weighted by atomic mass is 9.93. The molecule has 28 heavy (non-hydrogen) atoms. The largest absolute Gasteiger partial charge is 0.490 e. The van der Waals surface area contributed by atoms with Gasteiger partial charge in [-0.15, -0.1) is 0 Å². The number of alkyl halides is 3. The summed E-state index contributed by atoms with van der Waals surface area (Å²) in [6.45, 7) is 4.58. The average Bonchev–Trinajstić information content (AvgIpc) is 3.30. The second kappa shape index (κ2) is 9.57. The van der Waals surface area contributed by atoms with Crippen molar-refractivity contribution < 1.29 is 32.6 Å². The maximum Gasteiger partial charge on any atom is 0.490 e. The first-order valence-corrected chi connectivity index (χ1v) is 9.62. The first kappa shape index (κ1) is 22.4. The number of halogens is 3. The molecule has 2 amide bonds. The van der Waals surface area contributed by atoms with Crippen LogP contribution in [0.4, 0.5) is 18.0 Å². The molecule has 11 heteroatoms. The highest BCUT2D eigenvalue weighted by Gasteiger charge is 2.43. The summed E-state index contributed by atoms with van der Waals surface area (Å²) >= 11 is 1.75. The summed E-state index contributed by atoms with van der Waals surface area (Å²) in [4.78, 5) is 24.6. The molecule has 158 valence electrons. The van der Waals surface area contributed by atoms with Gasteiger partial charge < -0.3 is 20.1 Å². The van der Waals surface area contributed by atoms with Gasteiger partial charge in [-0.2, -0.15) is 24.5 Å². The zero-order valence-electron chi connectivity index (χ0n) is 15.6. The number of urea groups is 1. The van der Waals surface area contributed by atoms with Crippen molar-refractivity contribution in [3.63, 3.8) is 0 Å². The number of hydrogen-bond donors (Lipinski definition) is 2. The van der Waals surface area contributed by atoms with Gasteiger partial charge in [0, 0.05) is 52.1 Å². The number of carbonyl (C=O) groups is 2. The zero-order chi connectivity index (χ0) is 20.9. The van der Waals surface area contributed by atoms with Crippen LogP contribution < -0.4 is 5.32 Å². The monoisotopic (exact) mass is 423 g/mol. The summed E-state index contributed by atoms with van der Waals surface area (Å²) in [7, 11) is 3.53. The molecule has 1 aromatic heterocycles. The van der Waals surface area contributed by atoms with E-state index in [4.69, 9.17) is 14.6 Å². The minimum absolute atomic E-state index is 0.0217. The smallest absolute Gasteiger partial charge is 0.475 e. The van der Waals surface area contributed by atoms with E-state index in [1.165, 1.54) is 5.56 Å². The highest BCUT2D eigenvalue weighted by Crippen LogP contribution is 2.34. The Labute approximate surface area is 165 Å². The number of ether oxygens (including phenoxy) is 1. The molecule has 3 atom stereocenters. The van der Waals surface area contributed by atoms with E-state index in [2.05, 4.69) is 27.0 Å². The van der Waals surface area contributed by atoms with Crippen molar-refractivity contribution in [2.75, 3.05) is 40.3 Å². The van der Waals surface area contributed by atoms with Crippen molar-refractivity contribution in [1.29, 1.82) is 0 Å². The summed E-state index contributed by atoms with van der Waals surface area (Å²) in [5.41, 5.74) is 1.39. The molecule has 2 aliphatic rings. The molecule has 0 unspecified atom stereocenters. The molecule has 0 saturated carbocycles. The number of likely N-dealkylation sites (tertiary alicyclic amines) is 1. The third-order valence-electron chi connectivity index (χ3n) is 4.67. The number of hydrogen-bond acceptors (Lipinski definition) is 5.